The monoisotopic (exact) mass is 581 g/mol. The van der Waals surface area contributed by atoms with Crippen LogP contribution in [0.15, 0.2) is 102 Å². The van der Waals surface area contributed by atoms with Crippen LogP contribution in [0, 0.1) is 0 Å². The number of hydrogen-bond donors (Lipinski definition) is 3. The van der Waals surface area contributed by atoms with Gasteiger partial charge in [-0.1, -0.05) is 91.0 Å². The highest BCUT2D eigenvalue weighted by Crippen LogP contribution is 2.37. The van der Waals surface area contributed by atoms with Crippen LogP contribution in [0.4, 0.5) is 4.79 Å². The molecule has 0 aliphatic carbocycles. The third-order valence-corrected chi connectivity index (χ3v) is 7.29. The molecule has 1 fully saturated rings. The lowest BCUT2D eigenvalue weighted by atomic mass is 9.77. The zero-order chi connectivity index (χ0) is 31.0. The maximum atomic E-state index is 13.9. The largest absolute Gasteiger partial charge is 0.444 e. The number of carbonyl (C=O) groups excluding carboxylic acids is 4. The number of rotatable bonds is 10. The SMILES string of the molecule is CC(=O)C(=C1CCNC1=O)C(CCC(=O)NC(c1ccccc1)(c1ccccc1)c1ccccc1)NC(=O)OC(C)(C)C. The molecule has 1 aliphatic heterocycles. The molecule has 8 heteroatoms. The van der Waals surface area contributed by atoms with E-state index in [9.17, 15) is 19.2 Å². The number of Topliss-reactive ketones (excluding diaryl/α,β-unsaturated/α-hetero) is 1. The Kier molecular flexibility index (Phi) is 9.80. The molecule has 224 valence electrons. The third-order valence-electron chi connectivity index (χ3n) is 7.29. The molecule has 3 N–H and O–H groups in total. The van der Waals surface area contributed by atoms with Crippen molar-refractivity contribution >= 4 is 23.7 Å². The van der Waals surface area contributed by atoms with Crippen molar-refractivity contribution in [2.45, 2.75) is 64.1 Å². The van der Waals surface area contributed by atoms with Crippen LogP contribution in [0.25, 0.3) is 0 Å². The molecular weight excluding hydrogens is 542 g/mol. The molecule has 43 heavy (non-hydrogen) atoms. The molecule has 0 saturated carbocycles. The van der Waals surface area contributed by atoms with Gasteiger partial charge in [-0.15, -0.1) is 0 Å². The molecule has 4 rings (SSSR count). The average molecular weight is 582 g/mol. The van der Waals surface area contributed by atoms with Crippen LogP contribution < -0.4 is 16.0 Å². The van der Waals surface area contributed by atoms with E-state index in [-0.39, 0.29) is 36.0 Å². The number of nitrogens with one attached hydrogen (secondary N) is 3. The Morgan fingerprint density at radius 1 is 0.837 bits per heavy atom. The van der Waals surface area contributed by atoms with Gasteiger partial charge in [-0.3, -0.25) is 14.4 Å². The van der Waals surface area contributed by atoms with Crippen LogP contribution in [-0.4, -0.2) is 41.9 Å². The predicted molar refractivity (Wildman–Crippen MR) is 165 cm³/mol. The van der Waals surface area contributed by atoms with Crippen molar-refractivity contribution in [3.63, 3.8) is 0 Å². The molecule has 1 saturated heterocycles. The van der Waals surface area contributed by atoms with Gasteiger partial charge in [0, 0.05) is 24.1 Å². The van der Waals surface area contributed by atoms with E-state index in [0.29, 0.717) is 18.5 Å². The lowest BCUT2D eigenvalue weighted by Gasteiger charge is -2.37. The van der Waals surface area contributed by atoms with Gasteiger partial charge in [0.05, 0.1) is 6.04 Å². The molecule has 0 spiro atoms. The molecular formula is C35H39N3O5. The number of hydrogen-bond acceptors (Lipinski definition) is 5. The minimum Gasteiger partial charge on any atom is -0.444 e. The van der Waals surface area contributed by atoms with Gasteiger partial charge >= 0.3 is 6.09 Å². The van der Waals surface area contributed by atoms with E-state index < -0.39 is 23.3 Å². The standard InChI is InChI=1S/C35H39N3O5/c1-24(39)31(28-22-23-36-32(28)41)29(37-33(42)43-34(2,3)4)20-21-30(40)38-35(25-14-8-5-9-15-25,26-16-10-6-11-17-26)27-18-12-7-13-19-27/h5-19,29H,20-23H2,1-4H3,(H,36,41)(H,37,42)(H,38,40). The molecule has 1 unspecified atom stereocenters. The highest BCUT2D eigenvalue weighted by atomic mass is 16.6. The third kappa shape index (κ3) is 7.57. The number of benzene rings is 3. The minimum atomic E-state index is -1.01. The first-order valence-corrected chi connectivity index (χ1v) is 14.5. The number of carbonyl (C=O) groups is 4. The van der Waals surface area contributed by atoms with Gasteiger partial charge in [0.25, 0.3) is 0 Å². The topological polar surface area (TPSA) is 114 Å². The van der Waals surface area contributed by atoms with E-state index in [4.69, 9.17) is 4.74 Å². The summed E-state index contributed by atoms with van der Waals surface area (Å²) in [7, 11) is 0. The van der Waals surface area contributed by atoms with Gasteiger partial charge in [0.1, 0.15) is 11.1 Å². The maximum absolute atomic E-state index is 13.9. The summed E-state index contributed by atoms with van der Waals surface area (Å²) in [6.45, 7) is 6.97. The molecule has 0 bridgehead atoms. The second-order valence-corrected chi connectivity index (χ2v) is 11.6. The van der Waals surface area contributed by atoms with Crippen LogP contribution in [-0.2, 0) is 24.7 Å². The van der Waals surface area contributed by atoms with Gasteiger partial charge < -0.3 is 20.7 Å². The maximum Gasteiger partial charge on any atom is 0.408 e. The zero-order valence-electron chi connectivity index (χ0n) is 25.1. The molecule has 3 amide bonds. The summed E-state index contributed by atoms with van der Waals surface area (Å²) in [5.41, 5.74) is 1.34. The summed E-state index contributed by atoms with van der Waals surface area (Å²) in [5.74, 6) is -0.987. The van der Waals surface area contributed by atoms with Crippen molar-refractivity contribution in [1.29, 1.82) is 0 Å². The molecule has 1 aliphatic rings. The normalized spacial score (nSPS) is 15.2. The van der Waals surface area contributed by atoms with Crippen LogP contribution in [0.3, 0.4) is 0 Å². The first-order valence-electron chi connectivity index (χ1n) is 14.5. The van der Waals surface area contributed by atoms with E-state index >= 15 is 0 Å². The lowest BCUT2D eigenvalue weighted by Crippen LogP contribution is -2.48. The summed E-state index contributed by atoms with van der Waals surface area (Å²) >= 11 is 0. The number of amides is 3. The quantitative estimate of drug-likeness (QED) is 0.226. The molecule has 0 radical (unpaired) electrons. The number of ketones is 1. The fraction of sp³-hybridized carbons (Fsp3) is 0.314. The second kappa shape index (κ2) is 13.5. The smallest absolute Gasteiger partial charge is 0.408 e. The van der Waals surface area contributed by atoms with Crippen molar-refractivity contribution in [2.75, 3.05) is 6.54 Å². The van der Waals surface area contributed by atoms with Gasteiger partial charge in [-0.05, 0) is 57.2 Å². The Labute approximate surface area is 252 Å². The Morgan fingerprint density at radius 2 is 1.33 bits per heavy atom. The number of ether oxygens (including phenoxy) is 1. The highest BCUT2D eigenvalue weighted by Gasteiger charge is 2.38. The van der Waals surface area contributed by atoms with Crippen LogP contribution in [0.1, 0.15) is 63.6 Å². The summed E-state index contributed by atoms with van der Waals surface area (Å²) in [6.07, 6.45) is -0.347. The molecule has 8 nitrogen and oxygen atoms in total. The first-order chi connectivity index (χ1) is 20.5. The van der Waals surface area contributed by atoms with Crippen LogP contribution >= 0.6 is 0 Å². The fourth-order valence-corrected chi connectivity index (χ4v) is 5.51. The summed E-state index contributed by atoms with van der Waals surface area (Å²) in [5, 5.41) is 8.81. The zero-order valence-corrected chi connectivity index (χ0v) is 25.1. The Bertz CT molecular complexity index is 1380. The van der Waals surface area contributed by atoms with Crippen LogP contribution in [0.2, 0.25) is 0 Å². The lowest BCUT2D eigenvalue weighted by molar-refractivity contribution is -0.122. The molecule has 3 aromatic carbocycles. The fourth-order valence-electron chi connectivity index (χ4n) is 5.51. The average Bonchev–Trinajstić information content (AvgIpc) is 3.39. The van der Waals surface area contributed by atoms with Gasteiger partial charge in [0.2, 0.25) is 11.8 Å². The van der Waals surface area contributed by atoms with Gasteiger partial charge in [0.15, 0.2) is 5.78 Å². The van der Waals surface area contributed by atoms with E-state index in [1.807, 2.05) is 91.0 Å². The van der Waals surface area contributed by atoms with Crippen molar-refractivity contribution in [1.82, 2.24) is 16.0 Å². The Morgan fingerprint density at radius 3 is 1.72 bits per heavy atom. The summed E-state index contributed by atoms with van der Waals surface area (Å²) in [4.78, 5) is 52.3. The molecule has 3 aromatic rings. The summed E-state index contributed by atoms with van der Waals surface area (Å²) < 4.78 is 5.46. The first kappa shape index (κ1) is 31.2. The number of alkyl carbamates (subject to hydrolysis) is 1. The predicted octanol–water partition coefficient (Wildman–Crippen LogP) is 5.17. The van der Waals surface area contributed by atoms with Crippen molar-refractivity contribution in [3.05, 3.63) is 119 Å². The molecule has 1 heterocycles. The second-order valence-electron chi connectivity index (χ2n) is 11.6. The van der Waals surface area contributed by atoms with Crippen molar-refractivity contribution in [2.24, 2.45) is 0 Å². The van der Waals surface area contributed by atoms with E-state index in [1.54, 1.807) is 20.8 Å². The van der Waals surface area contributed by atoms with E-state index in [0.717, 1.165) is 16.7 Å². The van der Waals surface area contributed by atoms with Crippen molar-refractivity contribution < 1.29 is 23.9 Å². The van der Waals surface area contributed by atoms with Crippen molar-refractivity contribution in [3.8, 4) is 0 Å². The Balaban J connectivity index is 1.70. The summed E-state index contributed by atoms with van der Waals surface area (Å²) in [6, 6.07) is 28.3. The van der Waals surface area contributed by atoms with E-state index in [2.05, 4.69) is 16.0 Å². The van der Waals surface area contributed by atoms with E-state index in [1.165, 1.54) is 6.92 Å². The van der Waals surface area contributed by atoms with Crippen LogP contribution in [0.5, 0.6) is 0 Å². The van der Waals surface area contributed by atoms with Gasteiger partial charge in [-0.2, -0.15) is 0 Å². The Hall–Kier alpha value is -4.72. The molecule has 0 aromatic heterocycles. The highest BCUT2D eigenvalue weighted by molar-refractivity contribution is 6.07. The molecule has 1 atom stereocenters. The van der Waals surface area contributed by atoms with Gasteiger partial charge in [-0.25, -0.2) is 4.79 Å². The minimum absolute atomic E-state index is 0.0413.